The third kappa shape index (κ3) is 1.50. The smallest absolute Gasteiger partial charge is 0.0985 e. The Morgan fingerprint density at radius 1 is 1.10 bits per heavy atom. The van der Waals surface area contributed by atoms with Crippen LogP contribution in [0.15, 0.2) is 23.5 Å². The van der Waals surface area contributed by atoms with Crippen molar-refractivity contribution in [1.29, 1.82) is 0 Å². The monoisotopic (exact) mass is 272 g/mol. The van der Waals surface area contributed by atoms with Gasteiger partial charge in [-0.1, -0.05) is 25.0 Å². The van der Waals surface area contributed by atoms with Crippen molar-refractivity contribution >= 4 is 0 Å². The van der Waals surface area contributed by atoms with Crippen molar-refractivity contribution in [2.24, 2.45) is 28.6 Å². The first-order valence-corrected chi connectivity index (χ1v) is 8.65. The van der Waals surface area contributed by atoms with E-state index in [9.17, 15) is 5.11 Å². The van der Waals surface area contributed by atoms with Crippen molar-refractivity contribution in [3.63, 3.8) is 0 Å². The number of fused-ring (bicyclic) bond motifs is 5. The van der Waals surface area contributed by atoms with E-state index >= 15 is 0 Å². The molecule has 0 aromatic rings. The summed E-state index contributed by atoms with van der Waals surface area (Å²) in [7, 11) is 0. The molecule has 2 saturated carbocycles. The van der Waals surface area contributed by atoms with Crippen LogP contribution >= 0.6 is 0 Å². The first-order valence-electron chi connectivity index (χ1n) is 8.65. The molecule has 2 fully saturated rings. The van der Waals surface area contributed by atoms with Crippen molar-refractivity contribution in [2.45, 2.75) is 65.2 Å². The highest BCUT2D eigenvalue weighted by molar-refractivity contribution is 5.33. The Labute approximate surface area is 123 Å². The molecular weight excluding hydrogens is 244 g/mol. The number of rotatable bonds is 0. The molecule has 0 amide bonds. The van der Waals surface area contributed by atoms with Crippen LogP contribution < -0.4 is 0 Å². The maximum Gasteiger partial charge on any atom is 0.0985 e. The van der Waals surface area contributed by atoms with Gasteiger partial charge in [0.05, 0.1) is 5.76 Å². The molecule has 1 heteroatoms. The van der Waals surface area contributed by atoms with Gasteiger partial charge in [0.15, 0.2) is 0 Å². The number of aliphatic hydroxyl groups excluding tert-OH is 1. The minimum absolute atomic E-state index is 0.0227. The Balaban J connectivity index is 1.76. The Bertz CT molecular complexity index is 488. The fraction of sp³-hybridized carbons (Fsp3) is 0.789. The molecule has 1 N–H and O–H groups in total. The molecule has 4 aliphatic rings. The Hall–Kier alpha value is -0.720. The van der Waals surface area contributed by atoms with Crippen molar-refractivity contribution in [3.05, 3.63) is 23.5 Å². The first-order chi connectivity index (χ1) is 9.56. The van der Waals surface area contributed by atoms with Crippen LogP contribution in [-0.2, 0) is 0 Å². The van der Waals surface area contributed by atoms with E-state index in [0.717, 1.165) is 18.3 Å². The number of aliphatic hydroxyl groups is 1. The molecule has 0 unspecified atom stereocenters. The van der Waals surface area contributed by atoms with Gasteiger partial charge < -0.3 is 5.11 Å². The fourth-order valence-corrected chi connectivity index (χ4v) is 6.35. The quantitative estimate of drug-likeness (QED) is 0.586. The molecule has 0 aliphatic heterocycles. The van der Waals surface area contributed by atoms with E-state index in [-0.39, 0.29) is 5.41 Å². The van der Waals surface area contributed by atoms with Gasteiger partial charge in [0.2, 0.25) is 0 Å². The summed E-state index contributed by atoms with van der Waals surface area (Å²) in [4.78, 5) is 0. The highest BCUT2D eigenvalue weighted by atomic mass is 16.3. The highest BCUT2D eigenvalue weighted by Gasteiger charge is 2.56. The number of allylic oxidation sites excluding steroid dienone is 3. The average molecular weight is 272 g/mol. The lowest BCUT2D eigenvalue weighted by atomic mass is 9.49. The van der Waals surface area contributed by atoms with E-state index < -0.39 is 0 Å². The van der Waals surface area contributed by atoms with E-state index in [4.69, 9.17) is 0 Å². The lowest BCUT2D eigenvalue weighted by Crippen LogP contribution is -2.48. The largest absolute Gasteiger partial charge is 0.512 e. The van der Waals surface area contributed by atoms with Crippen molar-refractivity contribution in [1.82, 2.24) is 0 Å². The van der Waals surface area contributed by atoms with E-state index in [1.54, 1.807) is 5.57 Å². The molecule has 4 rings (SSSR count). The summed E-state index contributed by atoms with van der Waals surface area (Å²) in [5.41, 5.74) is 2.13. The van der Waals surface area contributed by atoms with Gasteiger partial charge in [0, 0.05) is 5.41 Å². The fourth-order valence-electron chi connectivity index (χ4n) is 6.35. The van der Waals surface area contributed by atoms with Gasteiger partial charge >= 0.3 is 0 Å². The Kier molecular flexibility index (Phi) is 2.69. The topological polar surface area (TPSA) is 20.2 Å². The summed E-state index contributed by atoms with van der Waals surface area (Å²) >= 11 is 0. The van der Waals surface area contributed by atoms with Gasteiger partial charge in [0.25, 0.3) is 0 Å². The van der Waals surface area contributed by atoms with Crippen LogP contribution in [0.2, 0.25) is 0 Å². The molecular formula is C19H28O. The molecule has 1 nitrogen and oxygen atoms in total. The van der Waals surface area contributed by atoms with Crippen molar-refractivity contribution in [2.75, 3.05) is 0 Å². The summed E-state index contributed by atoms with van der Waals surface area (Å²) in [6, 6.07) is 0. The molecule has 4 aliphatic carbocycles. The van der Waals surface area contributed by atoms with Gasteiger partial charge in [-0.25, -0.2) is 0 Å². The zero-order valence-corrected chi connectivity index (χ0v) is 13.0. The first kappa shape index (κ1) is 13.0. The van der Waals surface area contributed by atoms with Crippen molar-refractivity contribution < 1.29 is 5.11 Å². The van der Waals surface area contributed by atoms with E-state index in [1.165, 1.54) is 44.9 Å². The molecule has 0 aromatic carbocycles. The third-order valence-corrected chi connectivity index (χ3v) is 7.55. The summed E-state index contributed by atoms with van der Waals surface area (Å²) in [6.07, 6.45) is 15.1. The minimum atomic E-state index is -0.0227. The molecule has 20 heavy (non-hydrogen) atoms. The molecule has 0 bridgehead atoms. The average Bonchev–Trinajstić information content (AvgIpc) is 2.82. The molecule has 0 radical (unpaired) electrons. The predicted octanol–water partition coefficient (Wildman–Crippen LogP) is 5.39. The summed E-state index contributed by atoms with van der Waals surface area (Å²) < 4.78 is 0. The van der Waals surface area contributed by atoms with E-state index in [1.807, 2.05) is 0 Å². The standard InChI is InChI=1S/C19H28O/c1-18-11-4-6-15(18)14-9-8-13-5-3-7-17(20)19(13,2)16(14)10-12-18/h7-8,14-16,20H,3-6,9-12H2,1-2H3/t14-,15-,16-,18-,19-/m0/s1. The van der Waals surface area contributed by atoms with Crippen molar-refractivity contribution in [3.8, 4) is 0 Å². The SMILES string of the molecule is C[C@@]12CCC[C@H]1[C@@H]1CC=C3CCC=C(O)[C@]3(C)[C@H]1CC2. The van der Waals surface area contributed by atoms with E-state index in [2.05, 4.69) is 26.0 Å². The van der Waals surface area contributed by atoms with Crippen LogP contribution in [0.4, 0.5) is 0 Å². The van der Waals surface area contributed by atoms with Gasteiger partial charge in [-0.3, -0.25) is 0 Å². The second-order valence-electron chi connectivity index (χ2n) is 8.26. The molecule has 0 spiro atoms. The van der Waals surface area contributed by atoms with Gasteiger partial charge in [0.1, 0.15) is 0 Å². The normalized spacial score (nSPS) is 50.6. The summed E-state index contributed by atoms with van der Waals surface area (Å²) in [5.74, 6) is 3.10. The summed E-state index contributed by atoms with van der Waals surface area (Å²) in [6.45, 7) is 4.87. The second-order valence-corrected chi connectivity index (χ2v) is 8.26. The molecule has 0 heterocycles. The molecule has 110 valence electrons. The minimum Gasteiger partial charge on any atom is -0.512 e. The van der Waals surface area contributed by atoms with Crippen LogP contribution in [0.5, 0.6) is 0 Å². The van der Waals surface area contributed by atoms with Gasteiger partial charge in [-0.2, -0.15) is 0 Å². The van der Waals surface area contributed by atoms with Crippen LogP contribution in [0.25, 0.3) is 0 Å². The maximum absolute atomic E-state index is 10.6. The third-order valence-electron chi connectivity index (χ3n) is 7.55. The zero-order chi connectivity index (χ0) is 14.0. The van der Waals surface area contributed by atoms with Gasteiger partial charge in [-0.15, -0.1) is 0 Å². The van der Waals surface area contributed by atoms with Crippen LogP contribution in [0.1, 0.15) is 65.2 Å². The lowest BCUT2D eigenvalue weighted by molar-refractivity contribution is -0.0188. The maximum atomic E-state index is 10.6. The van der Waals surface area contributed by atoms with Crippen LogP contribution in [0.3, 0.4) is 0 Å². The zero-order valence-electron chi connectivity index (χ0n) is 13.0. The number of hydrogen-bond donors (Lipinski definition) is 1. The Morgan fingerprint density at radius 3 is 2.80 bits per heavy atom. The molecule has 0 aromatic heterocycles. The second kappa shape index (κ2) is 4.15. The number of hydrogen-bond acceptors (Lipinski definition) is 1. The summed E-state index contributed by atoms with van der Waals surface area (Å²) in [5, 5.41) is 10.6. The molecule has 5 atom stereocenters. The molecule has 0 saturated heterocycles. The highest BCUT2D eigenvalue weighted by Crippen LogP contribution is 2.64. The van der Waals surface area contributed by atoms with Crippen LogP contribution in [-0.4, -0.2) is 5.11 Å². The van der Waals surface area contributed by atoms with Crippen LogP contribution in [0, 0.1) is 28.6 Å². The van der Waals surface area contributed by atoms with Gasteiger partial charge in [-0.05, 0) is 81.1 Å². The van der Waals surface area contributed by atoms with E-state index in [0.29, 0.717) is 17.1 Å². The predicted molar refractivity (Wildman–Crippen MR) is 82.4 cm³/mol. The lowest BCUT2D eigenvalue weighted by Gasteiger charge is -2.56. The Morgan fingerprint density at radius 2 is 1.95 bits per heavy atom.